The van der Waals surface area contributed by atoms with Crippen LogP contribution >= 0.6 is 15.9 Å². The van der Waals surface area contributed by atoms with Crippen molar-refractivity contribution in [2.45, 2.75) is 212 Å². The quantitative estimate of drug-likeness (QED) is 0.0868. The molecular formula is C85H97BrF8O2. The number of aromatic hydroxyl groups is 1. The summed E-state index contributed by atoms with van der Waals surface area (Å²) >= 11 is 3.50. The molecule has 0 unspecified atom stereocenters. The minimum Gasteiger partial charge on any atom is -0.503 e. The first-order valence-corrected chi connectivity index (χ1v) is 36.5. The van der Waals surface area contributed by atoms with Gasteiger partial charge < -0.3 is 9.84 Å². The van der Waals surface area contributed by atoms with E-state index >= 15 is 0 Å². The van der Waals surface area contributed by atoms with Crippen molar-refractivity contribution in [2.75, 3.05) is 0 Å². The fraction of sp³-hybridized carbons (Fsp3) is 0.435. The lowest BCUT2D eigenvalue weighted by Crippen LogP contribution is -2.13. The minimum absolute atomic E-state index is 0.274. The molecule has 96 heavy (non-hydrogen) atoms. The molecule has 11 heteroatoms. The second-order valence-corrected chi connectivity index (χ2v) is 28.6. The highest BCUT2D eigenvalue weighted by atomic mass is 79.9. The van der Waals surface area contributed by atoms with Gasteiger partial charge in [-0.2, -0.15) is 0 Å². The van der Waals surface area contributed by atoms with E-state index in [0.717, 1.165) is 64.5 Å². The van der Waals surface area contributed by atoms with Gasteiger partial charge in [-0.05, 0) is 272 Å². The molecule has 4 aliphatic carbocycles. The number of hydrogen-bond donors (Lipinski definition) is 1. The zero-order valence-corrected chi connectivity index (χ0v) is 58.2. The van der Waals surface area contributed by atoms with Crippen LogP contribution in [0.2, 0.25) is 0 Å². The maximum Gasteiger partial charge on any atom is 0.191 e. The normalized spacial score (nSPS) is 20.9. The molecule has 8 aromatic rings. The van der Waals surface area contributed by atoms with Crippen LogP contribution in [0.25, 0.3) is 33.4 Å². The third-order valence-corrected chi connectivity index (χ3v) is 21.4. The van der Waals surface area contributed by atoms with E-state index in [-0.39, 0.29) is 12.2 Å². The average Bonchev–Trinajstić information content (AvgIpc) is 3.65. The summed E-state index contributed by atoms with van der Waals surface area (Å²) in [5.41, 5.74) is 9.58. The summed E-state index contributed by atoms with van der Waals surface area (Å²) in [4.78, 5) is 0. The van der Waals surface area contributed by atoms with Crippen molar-refractivity contribution in [3.63, 3.8) is 0 Å². The van der Waals surface area contributed by atoms with Crippen LogP contribution in [0.15, 0.2) is 162 Å². The van der Waals surface area contributed by atoms with Crippen LogP contribution in [0.4, 0.5) is 35.1 Å². The summed E-state index contributed by atoms with van der Waals surface area (Å²) in [7, 11) is 0. The summed E-state index contributed by atoms with van der Waals surface area (Å²) < 4.78 is 116. The molecule has 4 saturated carbocycles. The van der Waals surface area contributed by atoms with Gasteiger partial charge in [-0.1, -0.05) is 186 Å². The molecule has 0 amide bonds. The summed E-state index contributed by atoms with van der Waals surface area (Å²) in [6, 6.07) is 44.7. The summed E-state index contributed by atoms with van der Waals surface area (Å²) in [6.07, 6.45) is 31.4. The molecular weight excluding hydrogens is 1280 g/mol. The second-order valence-electron chi connectivity index (χ2n) is 27.7. The average molecular weight is 1380 g/mol. The maximum atomic E-state index is 14.6. The van der Waals surface area contributed by atoms with Crippen LogP contribution in [-0.4, -0.2) is 5.11 Å². The van der Waals surface area contributed by atoms with E-state index in [1.807, 2.05) is 36.4 Å². The molecule has 12 rings (SSSR count). The monoisotopic (exact) mass is 1380 g/mol. The molecule has 0 bridgehead atoms. The van der Waals surface area contributed by atoms with Crippen LogP contribution < -0.4 is 4.74 Å². The summed E-state index contributed by atoms with van der Waals surface area (Å²) in [5.74, 6) is -1.82. The number of benzene rings is 8. The Morgan fingerprint density at radius 2 is 0.625 bits per heavy atom. The van der Waals surface area contributed by atoms with Gasteiger partial charge in [-0.25, -0.2) is 35.1 Å². The van der Waals surface area contributed by atoms with Crippen LogP contribution in [0.5, 0.6) is 11.5 Å². The van der Waals surface area contributed by atoms with Gasteiger partial charge in [-0.15, -0.1) is 0 Å². The molecule has 0 heterocycles. The Morgan fingerprint density at radius 3 is 0.938 bits per heavy atom. The molecule has 0 aliphatic heterocycles. The smallest absolute Gasteiger partial charge is 0.191 e. The lowest BCUT2D eigenvalue weighted by Gasteiger charge is -2.28. The molecule has 0 saturated heterocycles. The van der Waals surface area contributed by atoms with Gasteiger partial charge in [0.15, 0.2) is 46.4 Å². The van der Waals surface area contributed by atoms with E-state index in [0.29, 0.717) is 34.4 Å². The minimum atomic E-state index is -1.04. The third kappa shape index (κ3) is 21.1. The Kier molecular flexibility index (Phi) is 28.1. The molecule has 512 valence electrons. The van der Waals surface area contributed by atoms with Gasteiger partial charge >= 0.3 is 0 Å². The molecule has 0 radical (unpaired) electrons. The number of phenolic OH excluding ortho intramolecular Hbond substituents is 1. The van der Waals surface area contributed by atoms with Crippen LogP contribution in [0, 0.1) is 70.2 Å². The van der Waals surface area contributed by atoms with Crippen molar-refractivity contribution in [1.29, 1.82) is 0 Å². The highest BCUT2D eigenvalue weighted by molar-refractivity contribution is 9.10. The van der Waals surface area contributed by atoms with E-state index < -0.39 is 58.0 Å². The first-order chi connectivity index (χ1) is 46.5. The predicted octanol–water partition coefficient (Wildman–Crippen LogP) is 27.2. The highest BCUT2D eigenvalue weighted by Gasteiger charge is 2.26. The molecule has 0 aromatic heterocycles. The Morgan fingerprint density at radius 1 is 0.323 bits per heavy atom. The van der Waals surface area contributed by atoms with Crippen LogP contribution in [-0.2, 0) is 6.61 Å². The highest BCUT2D eigenvalue weighted by Crippen LogP contribution is 2.43. The lowest BCUT2D eigenvalue weighted by molar-refractivity contribution is 0.273. The predicted molar refractivity (Wildman–Crippen MR) is 380 cm³/mol. The lowest BCUT2D eigenvalue weighted by atomic mass is 9.77. The summed E-state index contributed by atoms with van der Waals surface area (Å²) in [6.45, 7) is 8.78. The van der Waals surface area contributed by atoms with Gasteiger partial charge in [0.2, 0.25) is 0 Å². The number of phenols is 1. The van der Waals surface area contributed by atoms with Gasteiger partial charge in [0.25, 0.3) is 0 Å². The van der Waals surface area contributed by atoms with Crippen molar-refractivity contribution >= 4 is 15.9 Å². The number of ether oxygens (including phenoxy) is 1. The van der Waals surface area contributed by atoms with E-state index in [9.17, 15) is 40.2 Å². The van der Waals surface area contributed by atoms with Gasteiger partial charge in [0.1, 0.15) is 18.2 Å². The van der Waals surface area contributed by atoms with E-state index in [1.54, 1.807) is 0 Å². The molecule has 8 aromatic carbocycles. The number of rotatable bonds is 18. The molecule has 1 N–H and O–H groups in total. The van der Waals surface area contributed by atoms with E-state index in [2.05, 4.69) is 104 Å². The zero-order valence-electron chi connectivity index (χ0n) is 56.6. The molecule has 0 spiro atoms. The van der Waals surface area contributed by atoms with Crippen LogP contribution in [0.1, 0.15) is 233 Å². The molecule has 4 fully saturated rings. The fourth-order valence-corrected chi connectivity index (χ4v) is 15.7. The largest absolute Gasteiger partial charge is 0.503 e. The maximum absolute atomic E-state index is 14.6. The first-order valence-electron chi connectivity index (χ1n) is 35.7. The van der Waals surface area contributed by atoms with Crippen molar-refractivity contribution in [2.24, 2.45) is 23.7 Å². The molecule has 4 aliphatic rings. The van der Waals surface area contributed by atoms with E-state index in [4.69, 9.17) is 4.74 Å². The van der Waals surface area contributed by atoms with Gasteiger partial charge in [-0.3, -0.25) is 0 Å². The molecule has 0 atom stereocenters. The topological polar surface area (TPSA) is 29.5 Å². The Balaban J connectivity index is 0.000000155. The van der Waals surface area contributed by atoms with Gasteiger partial charge in [0.05, 0.1) is 0 Å². The molecule has 2 nitrogen and oxygen atoms in total. The number of halogens is 9. The van der Waals surface area contributed by atoms with Crippen molar-refractivity contribution in [3.05, 3.63) is 237 Å². The SMILES string of the molecule is CCCC1CCC(c2ccc(-c3cc(F)c(O)c(F)c3)cc2)CC1.CCCC1CCC(c2ccc(-c3cc(F)c(OCc4ccc(F)c(F)c4)c(F)c3)cc2)CC1.CCCC1CCC(c2ccc(-c3cc(F)cc(F)c3)cc2)CC1.CCCC1CCC(c2ccc(Br)cc2)CC1. The standard InChI is InChI=1S/C28H28F4O.C21H24F2O.C21H24F2.C15H21Br/c1-2-3-18-4-7-20(8-5-18)21-9-11-22(12-10-21)23-15-26(31)28(27(32)16-23)33-17-19-6-13-24(29)25(30)14-19;1-2-3-14-4-6-15(7-5-14)16-8-10-17(11-9-16)18-12-19(22)21(24)20(23)13-18;1-2-3-15-4-6-16(7-5-15)17-8-10-18(11-9-17)19-12-20(22)14-21(23)13-19;1-2-3-12-4-6-13(7-5-12)14-8-10-15(16)11-9-14/h6,9-16,18,20H,2-5,7-8,17H2,1H3;8-15,24H,2-7H2,1H3;8-16H,2-7H2,1H3;8-13H,2-7H2,1H3. The fourth-order valence-electron chi connectivity index (χ4n) is 15.5. The Bertz CT molecular complexity index is 3590. The Hall–Kier alpha value is -6.72. The number of hydrogen-bond acceptors (Lipinski definition) is 2. The van der Waals surface area contributed by atoms with Crippen molar-refractivity contribution in [3.8, 4) is 44.9 Å². The van der Waals surface area contributed by atoms with E-state index in [1.165, 1.54) is 223 Å². The first kappa shape index (κ1) is 73.5. The second kappa shape index (κ2) is 36.7. The Labute approximate surface area is 574 Å². The summed E-state index contributed by atoms with van der Waals surface area (Å²) in [5, 5.41) is 9.20. The van der Waals surface area contributed by atoms with Crippen molar-refractivity contribution < 1.29 is 45.0 Å². The zero-order chi connectivity index (χ0) is 68.1. The van der Waals surface area contributed by atoms with Crippen LogP contribution in [0.3, 0.4) is 0 Å². The third-order valence-electron chi connectivity index (χ3n) is 20.9. The van der Waals surface area contributed by atoms with Gasteiger partial charge in [0, 0.05) is 10.5 Å². The van der Waals surface area contributed by atoms with Crippen molar-refractivity contribution in [1.82, 2.24) is 0 Å².